The van der Waals surface area contributed by atoms with Crippen LogP contribution in [0.1, 0.15) is 45.1 Å². The number of rotatable bonds is 2. The number of carbonyl (C=O) groups excluding carboxylic acids is 1. The molecular formula is C17H24BrNO3. The molecule has 1 aliphatic heterocycles. The van der Waals surface area contributed by atoms with Crippen molar-refractivity contribution in [3.8, 4) is 5.75 Å². The highest BCUT2D eigenvalue weighted by atomic mass is 79.9. The van der Waals surface area contributed by atoms with Crippen LogP contribution < -0.4 is 4.74 Å². The molecule has 1 amide bonds. The monoisotopic (exact) mass is 369 g/mol. The van der Waals surface area contributed by atoms with Crippen LogP contribution >= 0.6 is 15.9 Å². The van der Waals surface area contributed by atoms with E-state index in [1.807, 2.05) is 32.9 Å². The molecule has 0 unspecified atom stereocenters. The topological polar surface area (TPSA) is 38.8 Å². The highest BCUT2D eigenvalue weighted by molar-refractivity contribution is 9.10. The zero-order valence-corrected chi connectivity index (χ0v) is 15.3. The van der Waals surface area contributed by atoms with Crippen molar-refractivity contribution in [2.24, 2.45) is 0 Å². The molecule has 0 spiro atoms. The minimum atomic E-state index is -0.441. The van der Waals surface area contributed by atoms with Gasteiger partial charge in [0.15, 0.2) is 0 Å². The van der Waals surface area contributed by atoms with Crippen molar-refractivity contribution >= 4 is 22.0 Å². The number of likely N-dealkylation sites (tertiary alicyclic amines) is 1. The lowest BCUT2D eigenvalue weighted by Crippen LogP contribution is -2.41. The number of nitrogens with zero attached hydrogens (tertiary/aromatic N) is 1. The molecule has 0 atom stereocenters. The molecule has 122 valence electrons. The van der Waals surface area contributed by atoms with Crippen LogP contribution in [0.5, 0.6) is 5.75 Å². The molecule has 5 heteroatoms. The van der Waals surface area contributed by atoms with E-state index in [2.05, 4.69) is 22.0 Å². The molecule has 1 aromatic rings. The number of piperidine rings is 1. The van der Waals surface area contributed by atoms with Gasteiger partial charge in [-0.25, -0.2) is 4.79 Å². The normalized spacial score (nSPS) is 16.5. The molecule has 4 nitrogen and oxygen atoms in total. The zero-order chi connectivity index (χ0) is 16.3. The molecule has 0 aromatic heterocycles. The molecule has 1 heterocycles. The van der Waals surface area contributed by atoms with Crippen LogP contribution in [-0.4, -0.2) is 36.8 Å². The van der Waals surface area contributed by atoms with E-state index in [0.717, 1.165) is 36.2 Å². The maximum atomic E-state index is 12.1. The van der Waals surface area contributed by atoms with Gasteiger partial charge in [0.05, 0.1) is 7.11 Å². The van der Waals surface area contributed by atoms with Crippen LogP contribution in [-0.2, 0) is 4.74 Å². The summed E-state index contributed by atoms with van der Waals surface area (Å²) in [5.41, 5.74) is 0.812. The summed E-state index contributed by atoms with van der Waals surface area (Å²) in [5, 5.41) is 0. The van der Waals surface area contributed by atoms with Crippen molar-refractivity contribution in [1.82, 2.24) is 4.90 Å². The van der Waals surface area contributed by atoms with Crippen molar-refractivity contribution in [3.05, 3.63) is 28.2 Å². The summed E-state index contributed by atoms with van der Waals surface area (Å²) in [6.07, 6.45) is 1.66. The van der Waals surface area contributed by atoms with E-state index in [-0.39, 0.29) is 6.09 Å². The Hall–Kier alpha value is -1.23. The molecule has 2 rings (SSSR count). The molecule has 0 aliphatic carbocycles. The number of ether oxygens (including phenoxy) is 2. The summed E-state index contributed by atoms with van der Waals surface area (Å²) in [6, 6.07) is 6.05. The molecule has 0 N–H and O–H groups in total. The van der Waals surface area contributed by atoms with Crippen molar-refractivity contribution in [3.63, 3.8) is 0 Å². The SMILES string of the molecule is COc1ccc(Br)c(C2CCN(C(=O)OC(C)(C)C)CC2)c1. The van der Waals surface area contributed by atoms with Crippen LogP contribution in [0.4, 0.5) is 4.79 Å². The van der Waals surface area contributed by atoms with Crippen molar-refractivity contribution in [2.45, 2.75) is 45.1 Å². The smallest absolute Gasteiger partial charge is 0.410 e. The number of amides is 1. The van der Waals surface area contributed by atoms with Gasteiger partial charge in [-0.15, -0.1) is 0 Å². The summed E-state index contributed by atoms with van der Waals surface area (Å²) >= 11 is 3.62. The largest absolute Gasteiger partial charge is 0.497 e. The predicted octanol–water partition coefficient (Wildman–Crippen LogP) is 4.57. The quantitative estimate of drug-likeness (QED) is 0.765. The standard InChI is InChI=1S/C17H24BrNO3/c1-17(2,3)22-16(20)19-9-7-12(8-10-19)14-11-13(21-4)5-6-15(14)18/h5-6,11-12H,7-10H2,1-4H3. The summed E-state index contributed by atoms with van der Waals surface area (Å²) in [6.45, 7) is 7.13. The van der Waals surface area contributed by atoms with Gasteiger partial charge in [0.2, 0.25) is 0 Å². The third-order valence-electron chi connectivity index (χ3n) is 3.79. The number of hydrogen-bond acceptors (Lipinski definition) is 3. The minimum Gasteiger partial charge on any atom is -0.497 e. The van der Waals surface area contributed by atoms with Gasteiger partial charge in [0.25, 0.3) is 0 Å². The lowest BCUT2D eigenvalue weighted by molar-refractivity contribution is 0.0204. The molecule has 0 bridgehead atoms. The number of carbonyl (C=O) groups is 1. The molecule has 22 heavy (non-hydrogen) atoms. The van der Waals surface area contributed by atoms with Gasteiger partial charge in [-0.2, -0.15) is 0 Å². The second kappa shape index (κ2) is 6.90. The second-order valence-corrected chi connectivity index (χ2v) is 7.48. The molecule has 1 fully saturated rings. The van der Waals surface area contributed by atoms with Gasteiger partial charge in [0, 0.05) is 17.6 Å². The number of methoxy groups -OCH3 is 1. The number of benzene rings is 1. The fourth-order valence-electron chi connectivity index (χ4n) is 2.66. The maximum Gasteiger partial charge on any atom is 0.410 e. The van der Waals surface area contributed by atoms with E-state index in [0.29, 0.717) is 5.92 Å². The van der Waals surface area contributed by atoms with Crippen molar-refractivity contribution < 1.29 is 14.3 Å². The van der Waals surface area contributed by atoms with E-state index in [4.69, 9.17) is 9.47 Å². The molecule has 1 saturated heterocycles. The van der Waals surface area contributed by atoms with Crippen LogP contribution in [0.3, 0.4) is 0 Å². The van der Waals surface area contributed by atoms with E-state index < -0.39 is 5.60 Å². The predicted molar refractivity (Wildman–Crippen MR) is 90.5 cm³/mol. The maximum absolute atomic E-state index is 12.1. The van der Waals surface area contributed by atoms with Gasteiger partial charge in [-0.05, 0) is 63.3 Å². The summed E-state index contributed by atoms with van der Waals surface area (Å²) in [7, 11) is 1.68. The Morgan fingerprint density at radius 1 is 1.27 bits per heavy atom. The number of halogens is 1. The van der Waals surface area contributed by atoms with E-state index in [1.165, 1.54) is 5.56 Å². The van der Waals surface area contributed by atoms with Gasteiger partial charge in [0.1, 0.15) is 11.4 Å². The average molecular weight is 370 g/mol. The van der Waals surface area contributed by atoms with Crippen LogP contribution in [0.15, 0.2) is 22.7 Å². The van der Waals surface area contributed by atoms with Gasteiger partial charge >= 0.3 is 6.09 Å². The summed E-state index contributed by atoms with van der Waals surface area (Å²) < 4.78 is 11.8. The van der Waals surface area contributed by atoms with E-state index in [1.54, 1.807) is 12.0 Å². The molecular weight excluding hydrogens is 346 g/mol. The van der Waals surface area contributed by atoms with Crippen LogP contribution in [0, 0.1) is 0 Å². The van der Waals surface area contributed by atoms with Gasteiger partial charge < -0.3 is 14.4 Å². The Balaban J connectivity index is 1.99. The molecule has 1 aromatic carbocycles. The zero-order valence-electron chi connectivity index (χ0n) is 13.7. The second-order valence-electron chi connectivity index (χ2n) is 6.63. The lowest BCUT2D eigenvalue weighted by atomic mass is 9.89. The molecule has 1 aliphatic rings. The van der Waals surface area contributed by atoms with Crippen molar-refractivity contribution in [2.75, 3.05) is 20.2 Å². The Kier molecular flexibility index (Phi) is 5.37. The Morgan fingerprint density at radius 3 is 2.45 bits per heavy atom. The molecule has 0 saturated carbocycles. The summed E-state index contributed by atoms with van der Waals surface area (Å²) in [4.78, 5) is 13.9. The third-order valence-corrected chi connectivity index (χ3v) is 4.51. The first-order chi connectivity index (χ1) is 10.3. The van der Waals surface area contributed by atoms with E-state index in [9.17, 15) is 4.79 Å². The third kappa shape index (κ3) is 4.38. The molecule has 0 radical (unpaired) electrons. The van der Waals surface area contributed by atoms with Crippen molar-refractivity contribution in [1.29, 1.82) is 0 Å². The van der Waals surface area contributed by atoms with Crippen LogP contribution in [0.25, 0.3) is 0 Å². The lowest BCUT2D eigenvalue weighted by Gasteiger charge is -2.34. The fourth-order valence-corrected chi connectivity index (χ4v) is 3.23. The Labute approximate surface area is 140 Å². The van der Waals surface area contributed by atoms with Crippen LogP contribution in [0.2, 0.25) is 0 Å². The summed E-state index contributed by atoms with van der Waals surface area (Å²) in [5.74, 6) is 1.30. The first-order valence-electron chi connectivity index (χ1n) is 7.61. The Bertz CT molecular complexity index is 531. The Morgan fingerprint density at radius 2 is 1.91 bits per heavy atom. The van der Waals surface area contributed by atoms with Gasteiger partial charge in [-0.1, -0.05) is 15.9 Å². The number of hydrogen-bond donors (Lipinski definition) is 0. The minimum absolute atomic E-state index is 0.212. The highest BCUT2D eigenvalue weighted by Gasteiger charge is 2.28. The first-order valence-corrected chi connectivity index (χ1v) is 8.41. The van der Waals surface area contributed by atoms with Gasteiger partial charge in [-0.3, -0.25) is 0 Å². The average Bonchev–Trinajstić information content (AvgIpc) is 2.46. The first kappa shape index (κ1) is 17.1. The van der Waals surface area contributed by atoms with E-state index >= 15 is 0 Å². The highest BCUT2D eigenvalue weighted by Crippen LogP contribution is 2.35. The fraction of sp³-hybridized carbons (Fsp3) is 0.588.